The highest BCUT2D eigenvalue weighted by Crippen LogP contribution is 2.16. The summed E-state index contributed by atoms with van der Waals surface area (Å²) in [5.41, 5.74) is 0. The van der Waals surface area contributed by atoms with Crippen molar-refractivity contribution in [2.24, 2.45) is 0 Å². The molecule has 0 aromatic carbocycles. The first-order valence-corrected chi connectivity index (χ1v) is 3.23. The van der Waals surface area contributed by atoms with Crippen LogP contribution in [0.25, 0.3) is 0 Å². The van der Waals surface area contributed by atoms with Gasteiger partial charge in [0, 0.05) is 11.2 Å². The molecule has 0 N–H and O–H groups in total. The van der Waals surface area contributed by atoms with Gasteiger partial charge in [-0.2, -0.15) is 0 Å². The van der Waals surface area contributed by atoms with Gasteiger partial charge in [0.05, 0.1) is 0 Å². The van der Waals surface area contributed by atoms with Crippen molar-refractivity contribution in [3.8, 4) is 0 Å². The lowest BCUT2D eigenvalue weighted by Gasteiger charge is -2.02. The van der Waals surface area contributed by atoms with E-state index in [1.165, 1.54) is 12.2 Å². The van der Waals surface area contributed by atoms with Crippen molar-refractivity contribution >= 4 is 15.9 Å². The van der Waals surface area contributed by atoms with Gasteiger partial charge >= 0.3 is 0 Å². The van der Waals surface area contributed by atoms with Crippen molar-refractivity contribution in [1.82, 2.24) is 0 Å². The smallest absolute Gasteiger partial charge is 0.120 e. The molecule has 0 heterocycles. The minimum absolute atomic E-state index is 0.0764. The fourth-order valence-electron chi connectivity index (χ4n) is 0.517. The number of hydrogen-bond acceptors (Lipinski definition) is 0. The maximum Gasteiger partial charge on any atom is 0.120 e. The van der Waals surface area contributed by atoms with E-state index in [4.69, 9.17) is 0 Å². The Labute approximate surface area is 56.2 Å². The van der Waals surface area contributed by atoms with Crippen molar-refractivity contribution < 1.29 is 4.39 Å². The van der Waals surface area contributed by atoms with Crippen LogP contribution in [0.2, 0.25) is 0 Å². The summed E-state index contributed by atoms with van der Waals surface area (Å²) in [4.78, 5) is 0.0764. The van der Waals surface area contributed by atoms with Crippen LogP contribution in [-0.2, 0) is 0 Å². The third-order valence-corrected chi connectivity index (χ3v) is 1.44. The van der Waals surface area contributed by atoms with Crippen LogP contribution in [0.1, 0.15) is 0 Å². The Bertz CT molecular complexity index is 137. The topological polar surface area (TPSA) is 0 Å². The van der Waals surface area contributed by atoms with Crippen LogP contribution < -0.4 is 0 Å². The van der Waals surface area contributed by atoms with Gasteiger partial charge in [-0.05, 0) is 12.2 Å². The molecule has 0 aliphatic heterocycles. The summed E-state index contributed by atoms with van der Waals surface area (Å²) in [5, 5.41) is 0. The molecule has 0 amide bonds. The van der Waals surface area contributed by atoms with E-state index in [0.717, 1.165) is 0 Å². The molecule has 1 rings (SSSR count). The fourth-order valence-corrected chi connectivity index (χ4v) is 0.946. The van der Waals surface area contributed by atoms with E-state index in [9.17, 15) is 4.39 Å². The zero-order valence-corrected chi connectivity index (χ0v) is 5.73. The Morgan fingerprint density at radius 3 is 2.75 bits per heavy atom. The number of rotatable bonds is 0. The van der Waals surface area contributed by atoms with E-state index in [1.807, 2.05) is 6.42 Å². The Balaban J connectivity index is 2.63. The van der Waals surface area contributed by atoms with Gasteiger partial charge in [0.25, 0.3) is 0 Å². The van der Waals surface area contributed by atoms with E-state index in [1.54, 1.807) is 6.08 Å². The highest BCUT2D eigenvalue weighted by atomic mass is 79.9. The molecule has 2 heteroatoms. The highest BCUT2D eigenvalue weighted by molar-refractivity contribution is 9.09. The molecule has 0 bridgehead atoms. The lowest BCUT2D eigenvalue weighted by molar-refractivity contribution is 0.660. The molecular weight excluding hydrogens is 171 g/mol. The molecule has 1 aliphatic carbocycles. The second kappa shape index (κ2) is 2.44. The normalized spacial score (nSPS) is 27.8. The SMILES string of the molecule is FC1=CC(Br)[CH]C=C1. The molecule has 8 heavy (non-hydrogen) atoms. The highest BCUT2D eigenvalue weighted by Gasteiger charge is 2.03. The predicted molar refractivity (Wildman–Crippen MR) is 35.3 cm³/mol. The molecule has 0 aromatic rings. The van der Waals surface area contributed by atoms with Gasteiger partial charge in [-0.25, -0.2) is 4.39 Å². The van der Waals surface area contributed by atoms with Gasteiger partial charge in [0.2, 0.25) is 0 Å². The molecule has 1 unspecified atom stereocenters. The van der Waals surface area contributed by atoms with E-state index in [-0.39, 0.29) is 10.7 Å². The molecule has 1 radical (unpaired) electrons. The van der Waals surface area contributed by atoms with Gasteiger partial charge < -0.3 is 0 Å². The molecule has 1 aliphatic rings. The lowest BCUT2D eigenvalue weighted by Crippen LogP contribution is -1.95. The maximum absolute atomic E-state index is 12.2. The molecule has 0 saturated heterocycles. The van der Waals surface area contributed by atoms with Crippen molar-refractivity contribution in [3.63, 3.8) is 0 Å². The fraction of sp³-hybridized carbons (Fsp3) is 0.167. The average molecular weight is 176 g/mol. The standard InChI is InChI=1S/C6H5BrF/c7-5-2-1-3-6(8)4-5/h1-5H. The monoisotopic (exact) mass is 175 g/mol. The van der Waals surface area contributed by atoms with Crippen LogP contribution in [0.4, 0.5) is 4.39 Å². The van der Waals surface area contributed by atoms with E-state index >= 15 is 0 Å². The quantitative estimate of drug-likeness (QED) is 0.497. The Hall–Kier alpha value is -0.110. The summed E-state index contributed by atoms with van der Waals surface area (Å²) in [6.07, 6.45) is 6.48. The molecule has 0 spiro atoms. The largest absolute Gasteiger partial charge is 0.207 e. The first kappa shape index (κ1) is 6.02. The number of hydrogen-bond donors (Lipinski definition) is 0. The van der Waals surface area contributed by atoms with Crippen LogP contribution in [0.15, 0.2) is 24.1 Å². The third-order valence-electron chi connectivity index (χ3n) is 0.869. The molecule has 0 fully saturated rings. The summed E-state index contributed by atoms with van der Waals surface area (Å²) >= 11 is 3.21. The van der Waals surface area contributed by atoms with E-state index in [2.05, 4.69) is 15.9 Å². The molecule has 0 saturated carbocycles. The number of halogens is 2. The number of allylic oxidation sites excluding steroid dienone is 4. The van der Waals surface area contributed by atoms with Crippen molar-refractivity contribution in [2.45, 2.75) is 4.83 Å². The summed E-state index contributed by atoms with van der Waals surface area (Å²) in [7, 11) is 0. The Morgan fingerprint density at radius 1 is 1.62 bits per heavy atom. The molecule has 0 nitrogen and oxygen atoms in total. The van der Waals surface area contributed by atoms with Crippen LogP contribution in [0.3, 0.4) is 0 Å². The van der Waals surface area contributed by atoms with Gasteiger partial charge in [0.15, 0.2) is 0 Å². The first-order chi connectivity index (χ1) is 3.79. The predicted octanol–water partition coefficient (Wildman–Crippen LogP) is 2.38. The Morgan fingerprint density at radius 2 is 2.38 bits per heavy atom. The Kier molecular flexibility index (Phi) is 1.84. The van der Waals surface area contributed by atoms with E-state index < -0.39 is 0 Å². The minimum Gasteiger partial charge on any atom is -0.207 e. The second-order valence-corrected chi connectivity index (χ2v) is 2.60. The third kappa shape index (κ3) is 1.44. The maximum atomic E-state index is 12.2. The van der Waals surface area contributed by atoms with Crippen LogP contribution in [-0.4, -0.2) is 4.83 Å². The zero-order chi connectivity index (χ0) is 5.98. The van der Waals surface area contributed by atoms with Crippen LogP contribution in [0, 0.1) is 6.42 Å². The lowest BCUT2D eigenvalue weighted by atomic mass is 10.2. The number of alkyl halides is 1. The average Bonchev–Trinajstić information content (AvgIpc) is 1.64. The van der Waals surface area contributed by atoms with Crippen molar-refractivity contribution in [3.05, 3.63) is 30.5 Å². The molecule has 43 valence electrons. The van der Waals surface area contributed by atoms with Gasteiger partial charge in [-0.1, -0.05) is 22.0 Å². The second-order valence-electron chi connectivity index (χ2n) is 1.55. The van der Waals surface area contributed by atoms with Gasteiger partial charge in [-0.15, -0.1) is 0 Å². The first-order valence-electron chi connectivity index (χ1n) is 2.32. The molecule has 0 aromatic heterocycles. The summed E-state index contributed by atoms with van der Waals surface area (Å²) in [5.74, 6) is -0.172. The van der Waals surface area contributed by atoms with Crippen LogP contribution >= 0.6 is 15.9 Å². The van der Waals surface area contributed by atoms with Crippen molar-refractivity contribution in [2.75, 3.05) is 0 Å². The van der Waals surface area contributed by atoms with Crippen LogP contribution in [0.5, 0.6) is 0 Å². The van der Waals surface area contributed by atoms with Gasteiger partial charge in [0.1, 0.15) is 5.83 Å². The molecular formula is C6H5BrF. The molecule has 1 atom stereocenters. The van der Waals surface area contributed by atoms with Crippen molar-refractivity contribution in [1.29, 1.82) is 0 Å². The summed E-state index contributed by atoms with van der Waals surface area (Å²) in [6, 6.07) is 0. The minimum atomic E-state index is -0.172. The summed E-state index contributed by atoms with van der Waals surface area (Å²) < 4.78 is 12.2. The zero-order valence-electron chi connectivity index (χ0n) is 4.14. The summed E-state index contributed by atoms with van der Waals surface area (Å²) in [6.45, 7) is 0. The van der Waals surface area contributed by atoms with Gasteiger partial charge in [-0.3, -0.25) is 0 Å². The van der Waals surface area contributed by atoms with E-state index in [0.29, 0.717) is 0 Å².